The van der Waals surface area contributed by atoms with Crippen LogP contribution in [0.15, 0.2) is 18.2 Å². The molecule has 1 heterocycles. The van der Waals surface area contributed by atoms with Crippen LogP contribution >= 0.6 is 0 Å². The van der Waals surface area contributed by atoms with Gasteiger partial charge in [-0.25, -0.2) is 0 Å². The van der Waals surface area contributed by atoms with E-state index >= 15 is 0 Å². The summed E-state index contributed by atoms with van der Waals surface area (Å²) in [7, 11) is 3.70. The van der Waals surface area contributed by atoms with E-state index in [0.717, 1.165) is 37.4 Å². The van der Waals surface area contributed by atoms with Gasteiger partial charge in [-0.3, -0.25) is 0 Å². The van der Waals surface area contributed by atoms with Crippen molar-refractivity contribution in [2.24, 2.45) is 0 Å². The van der Waals surface area contributed by atoms with E-state index in [2.05, 4.69) is 11.4 Å². The minimum atomic E-state index is -0.0465. The monoisotopic (exact) mass is 277 g/mol. The Labute approximate surface area is 120 Å². The zero-order chi connectivity index (χ0) is 14.2. The molecule has 3 rings (SSSR count). The van der Waals surface area contributed by atoms with Crippen LogP contribution in [0.3, 0.4) is 0 Å². The van der Waals surface area contributed by atoms with Gasteiger partial charge in [0.25, 0.3) is 0 Å². The smallest absolute Gasteiger partial charge is 0.125 e. The Hall–Kier alpha value is -1.26. The number of nitrogens with one attached hydrogen (secondary N) is 1. The molecule has 1 aromatic rings. The van der Waals surface area contributed by atoms with E-state index in [1.165, 1.54) is 5.56 Å². The average Bonchev–Trinajstić information content (AvgIpc) is 2.44. The van der Waals surface area contributed by atoms with Crippen molar-refractivity contribution in [2.75, 3.05) is 20.8 Å². The highest BCUT2D eigenvalue weighted by Crippen LogP contribution is 2.50. The summed E-state index contributed by atoms with van der Waals surface area (Å²) in [5.41, 5.74) is 1.15. The lowest BCUT2D eigenvalue weighted by molar-refractivity contribution is -0.135. The maximum Gasteiger partial charge on any atom is 0.125 e. The van der Waals surface area contributed by atoms with Gasteiger partial charge in [0, 0.05) is 37.5 Å². The topological polar surface area (TPSA) is 39.7 Å². The van der Waals surface area contributed by atoms with Crippen LogP contribution in [0.4, 0.5) is 0 Å². The Balaban J connectivity index is 1.81. The number of hydrogen-bond donors (Lipinski definition) is 1. The second-order valence-electron chi connectivity index (χ2n) is 5.72. The molecule has 1 N–H and O–H groups in total. The summed E-state index contributed by atoms with van der Waals surface area (Å²) in [5.74, 6) is 1.86. The summed E-state index contributed by atoms with van der Waals surface area (Å²) in [6.45, 7) is 2.83. The molecule has 1 atom stereocenters. The number of rotatable bonds is 4. The molecule has 1 aromatic carbocycles. The first-order valence-corrected chi connectivity index (χ1v) is 7.35. The van der Waals surface area contributed by atoms with Crippen molar-refractivity contribution < 1.29 is 14.2 Å². The fourth-order valence-corrected chi connectivity index (χ4v) is 3.41. The molecular formula is C16H23NO3. The molecule has 0 bridgehead atoms. The minimum absolute atomic E-state index is 0.0465. The third kappa shape index (κ3) is 2.27. The van der Waals surface area contributed by atoms with Crippen LogP contribution in [0.5, 0.6) is 11.5 Å². The molecule has 110 valence electrons. The lowest BCUT2D eigenvalue weighted by Gasteiger charge is -2.51. The zero-order valence-electron chi connectivity index (χ0n) is 12.4. The largest absolute Gasteiger partial charge is 0.497 e. The molecule has 1 aliphatic carbocycles. The summed E-state index contributed by atoms with van der Waals surface area (Å²) in [5, 5.41) is 3.41. The molecule has 0 saturated heterocycles. The summed E-state index contributed by atoms with van der Waals surface area (Å²) >= 11 is 0. The van der Waals surface area contributed by atoms with Gasteiger partial charge in [0.05, 0.1) is 13.2 Å². The first kappa shape index (κ1) is 13.7. The van der Waals surface area contributed by atoms with Gasteiger partial charge >= 0.3 is 0 Å². The summed E-state index contributed by atoms with van der Waals surface area (Å²) in [4.78, 5) is 0. The third-order valence-corrected chi connectivity index (χ3v) is 4.45. The highest BCUT2D eigenvalue weighted by molar-refractivity contribution is 5.44. The van der Waals surface area contributed by atoms with Crippen molar-refractivity contribution in [3.8, 4) is 11.5 Å². The van der Waals surface area contributed by atoms with Crippen molar-refractivity contribution >= 4 is 0 Å². The maximum atomic E-state index is 6.29. The van der Waals surface area contributed by atoms with E-state index in [1.807, 2.05) is 26.1 Å². The molecule has 20 heavy (non-hydrogen) atoms. The second-order valence-corrected chi connectivity index (χ2v) is 5.72. The summed E-state index contributed by atoms with van der Waals surface area (Å²) in [6.07, 6.45) is 3.33. The van der Waals surface area contributed by atoms with Gasteiger partial charge in [0.1, 0.15) is 17.1 Å². The van der Waals surface area contributed by atoms with Gasteiger partial charge in [0.15, 0.2) is 0 Å². The maximum absolute atomic E-state index is 6.29. The molecule has 4 heteroatoms. The van der Waals surface area contributed by atoms with Crippen LogP contribution in [-0.4, -0.2) is 32.5 Å². The molecule has 1 fully saturated rings. The van der Waals surface area contributed by atoms with Gasteiger partial charge in [-0.1, -0.05) is 0 Å². The predicted octanol–water partition coefficient (Wildman–Crippen LogP) is 2.68. The van der Waals surface area contributed by atoms with E-state index in [4.69, 9.17) is 14.2 Å². The first-order chi connectivity index (χ1) is 9.69. The van der Waals surface area contributed by atoms with Crippen LogP contribution in [0.1, 0.15) is 37.8 Å². The van der Waals surface area contributed by atoms with Gasteiger partial charge in [-0.2, -0.15) is 0 Å². The number of hydrogen-bond acceptors (Lipinski definition) is 4. The Morgan fingerprint density at radius 1 is 1.35 bits per heavy atom. The molecule has 1 saturated carbocycles. The van der Waals surface area contributed by atoms with Crippen molar-refractivity contribution in [1.82, 2.24) is 5.32 Å². The second kappa shape index (κ2) is 5.26. The van der Waals surface area contributed by atoms with E-state index in [-0.39, 0.29) is 5.60 Å². The Kier molecular flexibility index (Phi) is 3.61. The molecule has 1 spiro atoms. The predicted molar refractivity (Wildman–Crippen MR) is 77.4 cm³/mol. The van der Waals surface area contributed by atoms with E-state index < -0.39 is 0 Å². The van der Waals surface area contributed by atoms with Gasteiger partial charge < -0.3 is 19.5 Å². The molecule has 0 radical (unpaired) electrons. The SMILES string of the molecule is CCOC1CC2(C1)CC(NC)c1cc(OC)ccc1O2. The Morgan fingerprint density at radius 3 is 2.80 bits per heavy atom. The number of methoxy groups -OCH3 is 1. The number of fused-ring (bicyclic) bond motifs is 1. The number of ether oxygens (including phenoxy) is 3. The molecular weight excluding hydrogens is 254 g/mol. The average molecular weight is 277 g/mol. The van der Waals surface area contributed by atoms with Crippen molar-refractivity contribution in [2.45, 2.75) is 43.9 Å². The highest BCUT2D eigenvalue weighted by atomic mass is 16.5. The molecule has 1 aliphatic heterocycles. The fourth-order valence-electron chi connectivity index (χ4n) is 3.41. The first-order valence-electron chi connectivity index (χ1n) is 7.35. The van der Waals surface area contributed by atoms with Gasteiger partial charge in [0.2, 0.25) is 0 Å². The van der Waals surface area contributed by atoms with E-state index in [1.54, 1.807) is 7.11 Å². The van der Waals surface area contributed by atoms with Crippen LogP contribution in [0.25, 0.3) is 0 Å². The van der Waals surface area contributed by atoms with E-state index in [0.29, 0.717) is 12.1 Å². The minimum Gasteiger partial charge on any atom is -0.497 e. The fraction of sp³-hybridized carbons (Fsp3) is 0.625. The summed E-state index contributed by atoms with van der Waals surface area (Å²) < 4.78 is 17.3. The van der Waals surface area contributed by atoms with E-state index in [9.17, 15) is 0 Å². The highest BCUT2D eigenvalue weighted by Gasteiger charge is 2.51. The third-order valence-electron chi connectivity index (χ3n) is 4.45. The van der Waals surface area contributed by atoms with Crippen LogP contribution in [0.2, 0.25) is 0 Å². The van der Waals surface area contributed by atoms with Crippen molar-refractivity contribution in [3.05, 3.63) is 23.8 Å². The quantitative estimate of drug-likeness (QED) is 0.918. The van der Waals surface area contributed by atoms with Crippen LogP contribution in [-0.2, 0) is 4.74 Å². The van der Waals surface area contributed by atoms with Crippen molar-refractivity contribution in [3.63, 3.8) is 0 Å². The standard InChI is InChI=1S/C16H23NO3/c1-4-19-12-8-16(9-12)10-14(17-2)13-7-11(18-3)5-6-15(13)20-16/h5-7,12,14,17H,4,8-10H2,1-3H3. The molecule has 4 nitrogen and oxygen atoms in total. The van der Waals surface area contributed by atoms with Gasteiger partial charge in [-0.05, 0) is 32.2 Å². The molecule has 0 aromatic heterocycles. The normalized spacial score (nSPS) is 31.4. The van der Waals surface area contributed by atoms with Gasteiger partial charge in [-0.15, -0.1) is 0 Å². The molecule has 2 aliphatic rings. The number of benzene rings is 1. The Morgan fingerprint density at radius 2 is 2.15 bits per heavy atom. The Bertz CT molecular complexity index is 483. The van der Waals surface area contributed by atoms with Crippen molar-refractivity contribution in [1.29, 1.82) is 0 Å². The summed E-state index contributed by atoms with van der Waals surface area (Å²) in [6, 6.07) is 6.37. The lowest BCUT2D eigenvalue weighted by atomic mass is 9.71. The van der Waals surface area contributed by atoms with Crippen LogP contribution in [0, 0.1) is 0 Å². The lowest BCUT2D eigenvalue weighted by Crippen LogP contribution is -2.56. The molecule has 0 amide bonds. The zero-order valence-corrected chi connectivity index (χ0v) is 12.4. The van der Waals surface area contributed by atoms with Crippen LogP contribution < -0.4 is 14.8 Å². The molecule has 1 unspecified atom stereocenters.